The average molecular weight is 455 g/mol. The Morgan fingerprint density at radius 2 is 2.03 bits per heavy atom. The number of pyridine rings is 1. The number of thiazole rings is 1. The molecular weight excluding hydrogens is 432 g/mol. The van der Waals surface area contributed by atoms with Crippen LogP contribution in [0.3, 0.4) is 0 Å². The van der Waals surface area contributed by atoms with E-state index >= 15 is 0 Å². The summed E-state index contributed by atoms with van der Waals surface area (Å²) in [6.45, 7) is 5.13. The summed E-state index contributed by atoms with van der Waals surface area (Å²) in [5.41, 5.74) is 1.67. The Balaban J connectivity index is 1.48. The molecule has 3 aromatic rings. The maximum absolute atomic E-state index is 13.0. The number of aryl methyl sites for hydroxylation is 1. The lowest BCUT2D eigenvalue weighted by Gasteiger charge is -2.44. The van der Waals surface area contributed by atoms with E-state index in [-0.39, 0.29) is 17.5 Å². The maximum atomic E-state index is 13.0. The quantitative estimate of drug-likeness (QED) is 0.652. The predicted molar refractivity (Wildman–Crippen MR) is 123 cm³/mol. The van der Waals surface area contributed by atoms with E-state index in [1.54, 1.807) is 30.6 Å². The van der Waals surface area contributed by atoms with Crippen LogP contribution < -0.4 is 10.9 Å². The van der Waals surface area contributed by atoms with Gasteiger partial charge in [0, 0.05) is 46.5 Å². The van der Waals surface area contributed by atoms with Gasteiger partial charge in [-0.1, -0.05) is 11.6 Å². The van der Waals surface area contributed by atoms with Crippen molar-refractivity contribution in [1.82, 2.24) is 19.8 Å². The number of nitrogens with one attached hydrogen (secondary N) is 1. The molecule has 1 aromatic carbocycles. The molecule has 0 aliphatic carbocycles. The van der Waals surface area contributed by atoms with E-state index in [0.29, 0.717) is 22.2 Å². The van der Waals surface area contributed by atoms with E-state index in [0.717, 1.165) is 47.9 Å². The van der Waals surface area contributed by atoms with E-state index in [4.69, 9.17) is 11.6 Å². The zero-order valence-electron chi connectivity index (χ0n) is 17.2. The largest absolute Gasteiger partial charge is 0.348 e. The molecule has 5 heterocycles. The van der Waals surface area contributed by atoms with Crippen molar-refractivity contribution in [2.24, 2.45) is 5.92 Å². The normalized spacial score (nSPS) is 22.5. The van der Waals surface area contributed by atoms with Gasteiger partial charge in [-0.3, -0.25) is 14.2 Å². The molecule has 6 nitrogen and oxygen atoms in total. The number of hydrogen-bond acceptors (Lipinski definition) is 5. The van der Waals surface area contributed by atoms with E-state index in [1.807, 2.05) is 13.0 Å². The van der Waals surface area contributed by atoms with Crippen molar-refractivity contribution in [3.05, 3.63) is 68.5 Å². The molecule has 3 saturated heterocycles. The van der Waals surface area contributed by atoms with Crippen LogP contribution in [0.4, 0.5) is 0 Å². The highest BCUT2D eigenvalue weighted by Gasteiger charge is 2.35. The molecule has 2 aromatic heterocycles. The number of carbonyl (C=O) groups is 1. The summed E-state index contributed by atoms with van der Waals surface area (Å²) >= 11 is 7.78. The molecule has 1 unspecified atom stereocenters. The molecule has 2 bridgehead atoms. The molecule has 0 saturated carbocycles. The van der Waals surface area contributed by atoms with Gasteiger partial charge in [0.15, 0.2) is 0 Å². The third kappa shape index (κ3) is 4.05. The predicted octanol–water partition coefficient (Wildman–Crippen LogP) is 3.75. The van der Waals surface area contributed by atoms with Crippen LogP contribution in [0.5, 0.6) is 0 Å². The second-order valence-electron chi connectivity index (χ2n) is 8.28. The molecule has 1 amide bonds. The standard InChI is InChI=1S/C23H23ClN4O2S/c1-14-11-25-23(31-14)18-10-17(24)3-4-20(18)28-12-16(2-5-21(28)29)22(30)26-19-13-27-8-6-15(19)7-9-27/h2-5,10-12,15,19H,6-9,13H2,1H3,(H,26,30). The van der Waals surface area contributed by atoms with Gasteiger partial charge < -0.3 is 10.2 Å². The second kappa shape index (κ2) is 8.22. The Morgan fingerprint density at radius 1 is 1.23 bits per heavy atom. The molecule has 31 heavy (non-hydrogen) atoms. The van der Waals surface area contributed by atoms with Gasteiger partial charge in [0.2, 0.25) is 0 Å². The van der Waals surface area contributed by atoms with Gasteiger partial charge in [0.1, 0.15) is 5.01 Å². The van der Waals surface area contributed by atoms with Gasteiger partial charge in [-0.2, -0.15) is 0 Å². The van der Waals surface area contributed by atoms with Crippen LogP contribution >= 0.6 is 22.9 Å². The number of carbonyl (C=O) groups excluding carboxylic acids is 1. The summed E-state index contributed by atoms with van der Waals surface area (Å²) in [5.74, 6) is 0.393. The number of rotatable bonds is 4. The van der Waals surface area contributed by atoms with E-state index in [2.05, 4.69) is 15.2 Å². The van der Waals surface area contributed by atoms with Gasteiger partial charge in [0.25, 0.3) is 11.5 Å². The molecule has 1 atom stereocenters. The van der Waals surface area contributed by atoms with Crippen molar-refractivity contribution in [3.63, 3.8) is 0 Å². The summed E-state index contributed by atoms with van der Waals surface area (Å²) < 4.78 is 1.51. The minimum absolute atomic E-state index is 0.145. The van der Waals surface area contributed by atoms with Crippen LogP contribution in [0, 0.1) is 12.8 Å². The smallest absolute Gasteiger partial charge is 0.255 e. The van der Waals surface area contributed by atoms with Crippen molar-refractivity contribution >= 4 is 28.8 Å². The fourth-order valence-corrected chi connectivity index (χ4v) is 5.52. The number of fused-ring (bicyclic) bond motifs is 3. The highest BCUT2D eigenvalue weighted by Crippen LogP contribution is 2.32. The first-order chi connectivity index (χ1) is 15.0. The molecule has 160 valence electrons. The summed E-state index contributed by atoms with van der Waals surface area (Å²) in [4.78, 5) is 33.7. The molecule has 6 rings (SSSR count). The number of nitrogens with zero attached hydrogens (tertiary/aromatic N) is 3. The molecule has 8 heteroatoms. The monoisotopic (exact) mass is 454 g/mol. The van der Waals surface area contributed by atoms with Crippen molar-refractivity contribution < 1.29 is 4.79 Å². The molecule has 1 N–H and O–H groups in total. The first-order valence-electron chi connectivity index (χ1n) is 10.5. The highest BCUT2D eigenvalue weighted by molar-refractivity contribution is 7.15. The maximum Gasteiger partial charge on any atom is 0.255 e. The number of amides is 1. The highest BCUT2D eigenvalue weighted by atomic mass is 35.5. The Kier molecular flexibility index (Phi) is 5.42. The lowest BCUT2D eigenvalue weighted by atomic mass is 9.84. The average Bonchev–Trinajstić information content (AvgIpc) is 3.21. The first-order valence-corrected chi connectivity index (χ1v) is 11.7. The Morgan fingerprint density at radius 3 is 2.71 bits per heavy atom. The fraction of sp³-hybridized carbons (Fsp3) is 0.348. The Labute approximate surface area is 189 Å². The molecule has 3 aliphatic rings. The SMILES string of the molecule is Cc1cnc(-c2cc(Cl)ccc2-n2cc(C(=O)NC3CN4CCC3CC4)ccc2=O)s1. The van der Waals surface area contributed by atoms with Crippen LogP contribution in [-0.4, -0.2) is 46.0 Å². The Bertz CT molecular complexity index is 1200. The number of piperidine rings is 3. The summed E-state index contributed by atoms with van der Waals surface area (Å²) in [6.07, 6.45) is 5.68. The third-order valence-corrected chi connectivity index (χ3v) is 7.40. The van der Waals surface area contributed by atoms with Crippen molar-refractivity contribution in [2.45, 2.75) is 25.8 Å². The van der Waals surface area contributed by atoms with Gasteiger partial charge in [-0.05, 0) is 63.0 Å². The molecule has 0 spiro atoms. The van der Waals surface area contributed by atoms with Gasteiger partial charge in [0.05, 0.1) is 11.3 Å². The minimum Gasteiger partial charge on any atom is -0.348 e. The van der Waals surface area contributed by atoms with Gasteiger partial charge in [-0.25, -0.2) is 4.98 Å². The fourth-order valence-electron chi connectivity index (χ4n) is 4.56. The van der Waals surface area contributed by atoms with Crippen molar-refractivity contribution in [1.29, 1.82) is 0 Å². The van der Waals surface area contributed by atoms with Crippen LogP contribution in [0.2, 0.25) is 5.02 Å². The van der Waals surface area contributed by atoms with Crippen LogP contribution in [0.1, 0.15) is 28.1 Å². The molecule has 0 radical (unpaired) electrons. The molecule has 3 aliphatic heterocycles. The van der Waals surface area contributed by atoms with Crippen LogP contribution in [-0.2, 0) is 0 Å². The number of benzene rings is 1. The summed E-state index contributed by atoms with van der Waals surface area (Å²) in [6, 6.07) is 8.55. The zero-order valence-corrected chi connectivity index (χ0v) is 18.7. The van der Waals surface area contributed by atoms with Crippen LogP contribution in [0.15, 0.2) is 47.5 Å². The zero-order chi connectivity index (χ0) is 21.5. The van der Waals surface area contributed by atoms with Crippen molar-refractivity contribution in [2.75, 3.05) is 19.6 Å². The second-order valence-corrected chi connectivity index (χ2v) is 9.95. The number of halogens is 1. The van der Waals surface area contributed by atoms with Gasteiger partial charge in [-0.15, -0.1) is 11.3 Å². The van der Waals surface area contributed by atoms with Gasteiger partial charge >= 0.3 is 0 Å². The van der Waals surface area contributed by atoms with Crippen LogP contribution in [0.25, 0.3) is 16.3 Å². The van der Waals surface area contributed by atoms with E-state index < -0.39 is 0 Å². The molecule has 3 fully saturated rings. The minimum atomic E-state index is -0.212. The molecular formula is C23H23ClN4O2S. The topological polar surface area (TPSA) is 67.2 Å². The van der Waals surface area contributed by atoms with Crippen molar-refractivity contribution in [3.8, 4) is 16.3 Å². The lowest BCUT2D eigenvalue weighted by molar-refractivity contribution is 0.0620. The number of hydrogen-bond donors (Lipinski definition) is 1. The third-order valence-electron chi connectivity index (χ3n) is 6.22. The summed E-state index contributed by atoms with van der Waals surface area (Å²) in [7, 11) is 0. The number of aromatic nitrogens is 2. The lowest BCUT2D eigenvalue weighted by Crippen LogP contribution is -2.57. The van der Waals surface area contributed by atoms with E-state index in [9.17, 15) is 9.59 Å². The summed E-state index contributed by atoms with van der Waals surface area (Å²) in [5, 5.41) is 4.54. The van der Waals surface area contributed by atoms with E-state index in [1.165, 1.54) is 22.0 Å². The first kappa shape index (κ1) is 20.4. The Hall–Kier alpha value is -2.48.